The van der Waals surface area contributed by atoms with Crippen LogP contribution in [0.2, 0.25) is 0 Å². The third kappa shape index (κ3) is 5.20. The van der Waals surface area contributed by atoms with E-state index in [-0.39, 0.29) is 24.3 Å². The molecule has 9 heteroatoms. The average molecular weight is 458 g/mol. The molecule has 2 aromatic carbocycles. The molecule has 0 spiro atoms. The van der Waals surface area contributed by atoms with Crippen LogP contribution in [0.15, 0.2) is 48.5 Å². The molecule has 1 aliphatic rings. The van der Waals surface area contributed by atoms with Gasteiger partial charge in [-0.25, -0.2) is 9.18 Å². The number of aliphatic carboxylic acids is 1. The van der Waals surface area contributed by atoms with E-state index < -0.39 is 47.4 Å². The molecule has 2 amide bonds. The Labute approximate surface area is 191 Å². The van der Waals surface area contributed by atoms with Crippen LogP contribution >= 0.6 is 0 Å². The first-order valence-electron chi connectivity index (χ1n) is 10.5. The number of carbonyl (C=O) groups is 3. The molecule has 1 fully saturated rings. The third-order valence-electron chi connectivity index (χ3n) is 5.82. The van der Waals surface area contributed by atoms with Crippen molar-refractivity contribution in [2.75, 3.05) is 6.73 Å². The van der Waals surface area contributed by atoms with Crippen molar-refractivity contribution in [1.82, 2.24) is 10.2 Å². The van der Waals surface area contributed by atoms with E-state index in [1.54, 1.807) is 44.2 Å². The van der Waals surface area contributed by atoms with Gasteiger partial charge in [0.2, 0.25) is 0 Å². The summed E-state index contributed by atoms with van der Waals surface area (Å²) in [7, 11) is 0. The van der Waals surface area contributed by atoms with E-state index in [9.17, 15) is 29.0 Å². The van der Waals surface area contributed by atoms with E-state index in [2.05, 4.69) is 5.32 Å². The Morgan fingerprint density at radius 2 is 1.85 bits per heavy atom. The van der Waals surface area contributed by atoms with Gasteiger partial charge in [-0.3, -0.25) is 9.59 Å². The highest BCUT2D eigenvalue weighted by Crippen LogP contribution is 2.29. The van der Waals surface area contributed by atoms with Gasteiger partial charge in [-0.1, -0.05) is 36.4 Å². The minimum atomic E-state index is -1.76. The highest BCUT2D eigenvalue weighted by atomic mass is 19.1. The van der Waals surface area contributed by atoms with Crippen LogP contribution in [0, 0.1) is 12.7 Å². The van der Waals surface area contributed by atoms with Crippen molar-refractivity contribution in [3.63, 3.8) is 0 Å². The Morgan fingerprint density at radius 3 is 2.48 bits per heavy atom. The van der Waals surface area contributed by atoms with Crippen LogP contribution in [-0.2, 0) is 20.7 Å². The summed E-state index contributed by atoms with van der Waals surface area (Å²) in [5, 5.41) is 23.2. The lowest BCUT2D eigenvalue weighted by Gasteiger charge is -2.30. The fourth-order valence-corrected chi connectivity index (χ4v) is 3.94. The number of halogens is 1. The molecular formula is C24H27FN2O6. The summed E-state index contributed by atoms with van der Waals surface area (Å²) in [6.07, 6.45) is -1.67. The average Bonchev–Trinajstić information content (AvgIpc) is 3.10. The molecule has 8 nitrogen and oxygen atoms in total. The van der Waals surface area contributed by atoms with Crippen LogP contribution in [0.25, 0.3) is 0 Å². The SMILES string of the molecule is Cc1c(F)cccc1C(=O)N[C@@H](Cc1ccccc1)[C@H](O)C(=O)N1COC(C)(C)[C@H]1C(=O)O. The van der Waals surface area contributed by atoms with Gasteiger partial charge >= 0.3 is 5.97 Å². The first kappa shape index (κ1) is 24.3. The van der Waals surface area contributed by atoms with E-state index in [4.69, 9.17) is 4.74 Å². The number of carbonyl (C=O) groups excluding carboxylic acids is 2. The predicted molar refractivity (Wildman–Crippen MR) is 117 cm³/mol. The fraction of sp³-hybridized carbons (Fsp3) is 0.375. The van der Waals surface area contributed by atoms with Crippen LogP contribution in [0.3, 0.4) is 0 Å². The fourth-order valence-electron chi connectivity index (χ4n) is 3.94. The standard InChI is InChI=1S/C24H27FN2O6/c1-14-16(10-7-11-17(14)25)21(29)26-18(12-15-8-5-4-6-9-15)19(28)22(30)27-13-33-24(2,3)20(27)23(31)32/h4-11,18-20,28H,12-13H2,1-3H3,(H,26,29)(H,31,32)/t18-,19-,20+/m0/s1. The number of amides is 2. The van der Waals surface area contributed by atoms with Gasteiger partial charge in [0.15, 0.2) is 12.1 Å². The predicted octanol–water partition coefficient (Wildman–Crippen LogP) is 1.88. The molecule has 1 aliphatic heterocycles. The van der Waals surface area contributed by atoms with Crippen molar-refractivity contribution < 1.29 is 33.7 Å². The molecule has 176 valence electrons. The molecule has 1 saturated heterocycles. The van der Waals surface area contributed by atoms with Gasteiger partial charge in [0.1, 0.15) is 12.5 Å². The summed E-state index contributed by atoms with van der Waals surface area (Å²) >= 11 is 0. The lowest BCUT2D eigenvalue weighted by molar-refractivity contribution is -0.154. The quantitative estimate of drug-likeness (QED) is 0.584. The van der Waals surface area contributed by atoms with E-state index in [1.807, 2.05) is 0 Å². The first-order chi connectivity index (χ1) is 15.5. The number of carboxylic acids is 1. The van der Waals surface area contributed by atoms with Crippen LogP contribution in [0.1, 0.15) is 35.3 Å². The molecule has 0 aliphatic carbocycles. The van der Waals surface area contributed by atoms with Gasteiger partial charge in [-0.15, -0.1) is 0 Å². The first-order valence-corrected chi connectivity index (χ1v) is 10.5. The van der Waals surface area contributed by atoms with Gasteiger partial charge in [0, 0.05) is 5.56 Å². The zero-order chi connectivity index (χ0) is 24.3. The molecule has 0 unspecified atom stereocenters. The van der Waals surface area contributed by atoms with Crippen molar-refractivity contribution in [1.29, 1.82) is 0 Å². The molecule has 0 bridgehead atoms. The molecule has 1 heterocycles. The molecular weight excluding hydrogens is 431 g/mol. The maximum absolute atomic E-state index is 13.9. The zero-order valence-electron chi connectivity index (χ0n) is 18.6. The van der Waals surface area contributed by atoms with Crippen molar-refractivity contribution in [3.05, 3.63) is 71.0 Å². The summed E-state index contributed by atoms with van der Waals surface area (Å²) < 4.78 is 19.4. The van der Waals surface area contributed by atoms with E-state index in [0.717, 1.165) is 10.5 Å². The molecule has 3 rings (SSSR count). The largest absolute Gasteiger partial charge is 0.480 e. The van der Waals surface area contributed by atoms with Crippen LogP contribution in [0.5, 0.6) is 0 Å². The molecule has 0 aromatic heterocycles. The minimum Gasteiger partial charge on any atom is -0.480 e. The Bertz CT molecular complexity index is 1040. The number of nitrogens with one attached hydrogen (secondary N) is 1. The van der Waals surface area contributed by atoms with Crippen molar-refractivity contribution in [2.45, 2.75) is 51.0 Å². The van der Waals surface area contributed by atoms with Gasteiger partial charge in [-0.05, 0) is 50.5 Å². The molecule has 3 atom stereocenters. The molecule has 2 aromatic rings. The lowest BCUT2D eigenvalue weighted by atomic mass is 9.96. The number of hydrogen-bond acceptors (Lipinski definition) is 5. The van der Waals surface area contributed by atoms with Crippen molar-refractivity contribution in [2.24, 2.45) is 0 Å². The summed E-state index contributed by atoms with van der Waals surface area (Å²) in [5.74, 6) is -3.37. The van der Waals surface area contributed by atoms with Crippen molar-refractivity contribution >= 4 is 17.8 Å². The Balaban J connectivity index is 1.88. The number of carboxylic acid groups (broad SMARTS) is 1. The third-order valence-corrected chi connectivity index (χ3v) is 5.82. The van der Waals surface area contributed by atoms with Gasteiger partial charge in [-0.2, -0.15) is 0 Å². The van der Waals surface area contributed by atoms with Gasteiger partial charge in [0.05, 0.1) is 11.6 Å². The van der Waals surface area contributed by atoms with Crippen LogP contribution in [0.4, 0.5) is 4.39 Å². The van der Waals surface area contributed by atoms with Gasteiger partial charge in [0.25, 0.3) is 11.8 Å². The smallest absolute Gasteiger partial charge is 0.329 e. The second-order valence-electron chi connectivity index (χ2n) is 8.55. The monoisotopic (exact) mass is 458 g/mol. The number of ether oxygens (including phenoxy) is 1. The summed E-state index contributed by atoms with van der Waals surface area (Å²) in [6.45, 7) is 4.23. The number of aliphatic hydroxyl groups excluding tert-OH is 1. The molecule has 33 heavy (non-hydrogen) atoms. The second kappa shape index (κ2) is 9.68. The summed E-state index contributed by atoms with van der Waals surface area (Å²) in [4.78, 5) is 38.8. The normalized spacial score (nSPS) is 19.1. The highest BCUT2D eigenvalue weighted by Gasteiger charge is 2.50. The minimum absolute atomic E-state index is 0.0711. The lowest BCUT2D eigenvalue weighted by Crippen LogP contribution is -2.57. The second-order valence-corrected chi connectivity index (χ2v) is 8.55. The molecule has 0 saturated carbocycles. The van der Waals surface area contributed by atoms with Crippen LogP contribution < -0.4 is 5.32 Å². The maximum atomic E-state index is 13.9. The molecule has 3 N–H and O–H groups in total. The highest BCUT2D eigenvalue weighted by molar-refractivity contribution is 5.96. The van der Waals surface area contributed by atoms with Crippen LogP contribution in [-0.4, -0.2) is 63.4 Å². The number of nitrogens with zero attached hydrogens (tertiary/aromatic N) is 1. The van der Waals surface area contributed by atoms with Crippen molar-refractivity contribution in [3.8, 4) is 0 Å². The maximum Gasteiger partial charge on any atom is 0.329 e. The zero-order valence-corrected chi connectivity index (χ0v) is 18.6. The number of rotatable bonds is 7. The topological polar surface area (TPSA) is 116 Å². The van der Waals surface area contributed by atoms with E-state index >= 15 is 0 Å². The Hall–Kier alpha value is -3.30. The summed E-state index contributed by atoms with van der Waals surface area (Å²) in [6, 6.07) is 10.5. The van der Waals surface area contributed by atoms with E-state index in [0.29, 0.717) is 0 Å². The Morgan fingerprint density at radius 1 is 1.18 bits per heavy atom. The van der Waals surface area contributed by atoms with Gasteiger partial charge < -0.3 is 25.2 Å². The Kier molecular flexibility index (Phi) is 7.14. The number of aliphatic hydroxyl groups is 1. The molecule has 0 radical (unpaired) electrons. The number of hydrogen-bond donors (Lipinski definition) is 3. The number of benzene rings is 2. The summed E-state index contributed by atoms with van der Waals surface area (Å²) in [5.41, 5.74) is -0.215. The van der Waals surface area contributed by atoms with E-state index in [1.165, 1.54) is 25.1 Å².